The number of hydrogen-bond donors (Lipinski definition) is 1. The van der Waals surface area contributed by atoms with Crippen LogP contribution in [-0.4, -0.2) is 16.9 Å². The number of imide groups is 1. The van der Waals surface area contributed by atoms with E-state index >= 15 is 0 Å². The second-order valence-corrected chi connectivity index (χ2v) is 6.59. The molecule has 0 unspecified atom stereocenters. The Balaban J connectivity index is 2.01. The summed E-state index contributed by atoms with van der Waals surface area (Å²) < 4.78 is 0.845. The molecule has 24 heavy (non-hydrogen) atoms. The highest BCUT2D eigenvalue weighted by Crippen LogP contribution is 2.37. The van der Waals surface area contributed by atoms with Crippen molar-refractivity contribution in [2.24, 2.45) is 0 Å². The zero-order chi connectivity index (χ0) is 17.0. The van der Waals surface area contributed by atoms with Gasteiger partial charge in [-0.25, -0.2) is 4.90 Å². The van der Waals surface area contributed by atoms with Crippen molar-refractivity contribution in [2.75, 3.05) is 4.90 Å². The summed E-state index contributed by atoms with van der Waals surface area (Å²) in [5, 5.41) is 11.1. The first-order valence-corrected chi connectivity index (χ1v) is 8.18. The van der Waals surface area contributed by atoms with Crippen molar-refractivity contribution in [3.05, 3.63) is 69.7 Å². The fourth-order valence-electron chi connectivity index (χ4n) is 3.17. The number of carbonyl (C=O) groups excluding carboxylic acids is 2. The van der Waals surface area contributed by atoms with Gasteiger partial charge in [0.25, 0.3) is 11.8 Å². The number of benzene rings is 3. The zero-order valence-electron chi connectivity index (χ0n) is 12.7. The van der Waals surface area contributed by atoms with Crippen molar-refractivity contribution in [2.45, 2.75) is 6.92 Å². The number of nitrogens with zero attached hydrogens (tertiary/aromatic N) is 1. The van der Waals surface area contributed by atoms with Crippen molar-refractivity contribution < 1.29 is 14.7 Å². The van der Waals surface area contributed by atoms with Gasteiger partial charge in [0.05, 0.1) is 5.69 Å². The van der Waals surface area contributed by atoms with Gasteiger partial charge >= 0.3 is 0 Å². The van der Waals surface area contributed by atoms with Crippen LogP contribution < -0.4 is 4.90 Å². The van der Waals surface area contributed by atoms with Crippen LogP contribution in [0.2, 0.25) is 0 Å². The molecular formula is C19H12BrNO3. The van der Waals surface area contributed by atoms with Gasteiger partial charge in [-0.1, -0.05) is 28.1 Å². The normalized spacial score (nSPS) is 13.7. The van der Waals surface area contributed by atoms with Gasteiger partial charge in [-0.3, -0.25) is 9.59 Å². The maximum absolute atomic E-state index is 13.0. The lowest BCUT2D eigenvalue weighted by Gasteiger charge is -2.28. The molecule has 2 amide bonds. The molecule has 3 aromatic carbocycles. The van der Waals surface area contributed by atoms with Crippen LogP contribution in [-0.2, 0) is 0 Å². The SMILES string of the molecule is Cc1cc(O)ccc1N1C(=O)c2cccc3c(Br)ccc(c23)C1=O. The summed E-state index contributed by atoms with van der Waals surface area (Å²) in [6.07, 6.45) is 0. The minimum Gasteiger partial charge on any atom is -0.508 e. The van der Waals surface area contributed by atoms with Gasteiger partial charge in [0, 0.05) is 21.0 Å². The maximum Gasteiger partial charge on any atom is 0.265 e. The largest absolute Gasteiger partial charge is 0.508 e. The number of aryl methyl sites for hydroxylation is 1. The third kappa shape index (κ3) is 1.98. The molecule has 4 nitrogen and oxygen atoms in total. The summed E-state index contributed by atoms with van der Waals surface area (Å²) in [5.74, 6) is -0.616. The van der Waals surface area contributed by atoms with Crippen LogP contribution in [0.4, 0.5) is 5.69 Å². The van der Waals surface area contributed by atoms with E-state index in [4.69, 9.17) is 0 Å². The van der Waals surface area contributed by atoms with Crippen LogP contribution in [0.5, 0.6) is 5.75 Å². The summed E-state index contributed by atoms with van der Waals surface area (Å²) in [6.45, 7) is 1.76. The second-order valence-electron chi connectivity index (χ2n) is 5.74. The summed E-state index contributed by atoms with van der Waals surface area (Å²) in [6, 6.07) is 13.6. The number of amides is 2. The van der Waals surface area contributed by atoms with Gasteiger partial charge in [-0.05, 0) is 54.3 Å². The van der Waals surface area contributed by atoms with E-state index in [9.17, 15) is 14.7 Å². The highest BCUT2D eigenvalue weighted by Gasteiger charge is 2.34. The van der Waals surface area contributed by atoms with Crippen molar-refractivity contribution in [3.8, 4) is 5.75 Å². The van der Waals surface area contributed by atoms with Crippen LogP contribution in [0.3, 0.4) is 0 Å². The number of rotatable bonds is 1. The summed E-state index contributed by atoms with van der Waals surface area (Å²) in [5.41, 5.74) is 2.13. The molecule has 0 bridgehead atoms. The topological polar surface area (TPSA) is 57.6 Å². The minimum atomic E-state index is -0.356. The van der Waals surface area contributed by atoms with Crippen molar-refractivity contribution >= 4 is 44.2 Å². The lowest BCUT2D eigenvalue weighted by molar-refractivity contribution is 0.0893. The van der Waals surface area contributed by atoms with Crippen LogP contribution in [0.15, 0.2) is 53.0 Å². The summed E-state index contributed by atoms with van der Waals surface area (Å²) in [4.78, 5) is 27.2. The molecule has 5 heteroatoms. The number of anilines is 1. The van der Waals surface area contributed by atoms with Gasteiger partial charge in [0.2, 0.25) is 0 Å². The van der Waals surface area contributed by atoms with Gasteiger partial charge in [-0.15, -0.1) is 0 Å². The molecule has 1 heterocycles. The average Bonchev–Trinajstić information content (AvgIpc) is 2.56. The molecule has 1 aliphatic heterocycles. The van der Waals surface area contributed by atoms with Gasteiger partial charge in [0.1, 0.15) is 5.75 Å². The molecule has 0 fully saturated rings. The van der Waals surface area contributed by atoms with Crippen molar-refractivity contribution in [1.82, 2.24) is 0 Å². The smallest absolute Gasteiger partial charge is 0.265 e. The second kappa shape index (κ2) is 5.18. The number of halogens is 1. The van der Waals surface area contributed by atoms with Crippen LogP contribution in [0.1, 0.15) is 26.3 Å². The Morgan fingerprint density at radius 3 is 2.38 bits per heavy atom. The fraction of sp³-hybridized carbons (Fsp3) is 0.0526. The van der Waals surface area contributed by atoms with E-state index < -0.39 is 0 Å². The number of hydrogen-bond acceptors (Lipinski definition) is 3. The van der Waals surface area contributed by atoms with Gasteiger partial charge in [-0.2, -0.15) is 0 Å². The van der Waals surface area contributed by atoms with E-state index in [2.05, 4.69) is 15.9 Å². The number of carbonyl (C=O) groups is 2. The lowest BCUT2D eigenvalue weighted by Crippen LogP contribution is -2.40. The fourth-order valence-corrected chi connectivity index (χ4v) is 3.63. The standard InChI is InChI=1S/C19H12BrNO3/c1-10-9-11(22)5-8-16(10)21-18(23)13-4-2-3-12-15(20)7-6-14(17(12)13)19(21)24/h2-9,22H,1H3. The molecule has 0 spiro atoms. The van der Waals surface area contributed by atoms with E-state index in [1.165, 1.54) is 17.0 Å². The molecular weight excluding hydrogens is 370 g/mol. The molecule has 1 aliphatic rings. The zero-order valence-corrected chi connectivity index (χ0v) is 14.3. The molecule has 3 aromatic rings. The molecule has 0 radical (unpaired) electrons. The Bertz CT molecular complexity index is 1020. The highest BCUT2D eigenvalue weighted by molar-refractivity contribution is 9.10. The van der Waals surface area contributed by atoms with Gasteiger partial charge in [0.15, 0.2) is 0 Å². The number of phenolic OH excluding ortho intramolecular Hbond substituents is 1. The van der Waals surface area contributed by atoms with E-state index in [0.717, 1.165) is 9.86 Å². The summed E-state index contributed by atoms with van der Waals surface area (Å²) in [7, 11) is 0. The Morgan fingerprint density at radius 2 is 1.67 bits per heavy atom. The molecule has 0 atom stereocenters. The molecule has 0 aliphatic carbocycles. The van der Waals surface area contributed by atoms with Crippen LogP contribution in [0.25, 0.3) is 10.8 Å². The highest BCUT2D eigenvalue weighted by atomic mass is 79.9. The molecule has 4 rings (SSSR count). The Morgan fingerprint density at radius 1 is 0.958 bits per heavy atom. The van der Waals surface area contributed by atoms with E-state index in [0.29, 0.717) is 27.8 Å². The lowest BCUT2D eigenvalue weighted by atomic mass is 9.93. The van der Waals surface area contributed by atoms with Crippen molar-refractivity contribution in [3.63, 3.8) is 0 Å². The first kappa shape index (κ1) is 14.9. The number of phenols is 1. The van der Waals surface area contributed by atoms with Crippen LogP contribution in [0, 0.1) is 6.92 Å². The van der Waals surface area contributed by atoms with Crippen LogP contribution >= 0.6 is 15.9 Å². The number of aromatic hydroxyl groups is 1. The molecule has 1 N–H and O–H groups in total. The monoisotopic (exact) mass is 381 g/mol. The molecule has 0 saturated heterocycles. The molecule has 118 valence electrons. The van der Waals surface area contributed by atoms with Gasteiger partial charge < -0.3 is 5.11 Å². The predicted octanol–water partition coefficient (Wildman–Crippen LogP) is 4.42. The molecule has 0 saturated carbocycles. The Hall–Kier alpha value is -2.66. The third-order valence-electron chi connectivity index (χ3n) is 4.28. The summed E-state index contributed by atoms with van der Waals surface area (Å²) >= 11 is 3.47. The quantitative estimate of drug-likeness (QED) is 0.634. The first-order chi connectivity index (χ1) is 11.5. The Labute approximate surface area is 146 Å². The van der Waals surface area contributed by atoms with E-state index in [1.807, 2.05) is 18.2 Å². The predicted molar refractivity (Wildman–Crippen MR) is 95.6 cm³/mol. The Kier molecular flexibility index (Phi) is 3.21. The van der Waals surface area contributed by atoms with E-state index in [1.54, 1.807) is 25.1 Å². The van der Waals surface area contributed by atoms with E-state index in [-0.39, 0.29) is 17.6 Å². The average molecular weight is 382 g/mol. The third-order valence-corrected chi connectivity index (χ3v) is 4.97. The first-order valence-electron chi connectivity index (χ1n) is 7.38. The maximum atomic E-state index is 13.0. The minimum absolute atomic E-state index is 0.0968. The van der Waals surface area contributed by atoms with Crippen molar-refractivity contribution in [1.29, 1.82) is 0 Å². The molecule has 0 aromatic heterocycles.